The van der Waals surface area contributed by atoms with Crippen LogP contribution in [0, 0.1) is 11.7 Å². The molecule has 21 heavy (non-hydrogen) atoms. The maximum absolute atomic E-state index is 13.1. The molecule has 0 aliphatic heterocycles. The zero-order chi connectivity index (χ0) is 15.2. The molecule has 2 N–H and O–H groups in total. The maximum atomic E-state index is 13.1. The van der Waals surface area contributed by atoms with Crippen LogP contribution >= 0.6 is 0 Å². The molecule has 0 heterocycles. The molecule has 1 aromatic carbocycles. The van der Waals surface area contributed by atoms with Crippen LogP contribution in [0.1, 0.15) is 37.7 Å². The quantitative estimate of drug-likeness (QED) is 0.876. The lowest BCUT2D eigenvalue weighted by Gasteiger charge is -2.28. The minimum Gasteiger partial charge on any atom is -0.480 e. The Labute approximate surface area is 123 Å². The van der Waals surface area contributed by atoms with Crippen molar-refractivity contribution in [1.82, 2.24) is 5.32 Å². The van der Waals surface area contributed by atoms with Crippen molar-refractivity contribution < 1.29 is 19.1 Å². The Morgan fingerprint density at radius 2 is 2.00 bits per heavy atom. The number of hydrogen-bond acceptors (Lipinski definition) is 2. The Morgan fingerprint density at radius 3 is 2.62 bits per heavy atom. The van der Waals surface area contributed by atoms with Crippen LogP contribution in [0.15, 0.2) is 24.3 Å². The average molecular weight is 293 g/mol. The molecule has 0 unspecified atom stereocenters. The number of hydrogen-bond donors (Lipinski definition) is 2. The van der Waals surface area contributed by atoms with E-state index >= 15 is 0 Å². The van der Waals surface area contributed by atoms with Crippen LogP contribution in [0.4, 0.5) is 4.39 Å². The predicted molar refractivity (Wildman–Crippen MR) is 76.2 cm³/mol. The molecule has 0 spiro atoms. The zero-order valence-corrected chi connectivity index (χ0v) is 11.8. The van der Waals surface area contributed by atoms with Crippen LogP contribution in [0.3, 0.4) is 0 Å². The van der Waals surface area contributed by atoms with E-state index in [1.165, 1.54) is 18.2 Å². The molecule has 1 amide bonds. The average Bonchev–Trinajstić information content (AvgIpc) is 2.45. The molecular weight excluding hydrogens is 273 g/mol. The molecule has 2 rings (SSSR count). The molecule has 1 atom stereocenters. The van der Waals surface area contributed by atoms with E-state index in [2.05, 4.69) is 5.32 Å². The lowest BCUT2D eigenvalue weighted by molar-refractivity contribution is -0.143. The van der Waals surface area contributed by atoms with Crippen LogP contribution in [-0.4, -0.2) is 23.0 Å². The Kier molecular flexibility index (Phi) is 5.31. The molecule has 4 nitrogen and oxygen atoms in total. The summed E-state index contributed by atoms with van der Waals surface area (Å²) in [5.74, 6) is -1.77. The molecule has 1 aromatic rings. The standard InChI is InChI=1S/C16H20FNO3/c17-13-8-4-5-11(9-13)10-14(19)18-15(16(20)21)12-6-2-1-3-7-12/h4-5,8-9,12,15H,1-3,6-7,10H2,(H,18,19)(H,20,21)/t15-/m0/s1. The first-order valence-corrected chi connectivity index (χ1v) is 7.33. The summed E-state index contributed by atoms with van der Waals surface area (Å²) in [4.78, 5) is 23.4. The number of nitrogens with one attached hydrogen (secondary N) is 1. The minimum atomic E-state index is -0.991. The second kappa shape index (κ2) is 7.20. The van der Waals surface area contributed by atoms with Gasteiger partial charge in [-0.2, -0.15) is 0 Å². The molecule has 5 heteroatoms. The first-order valence-electron chi connectivity index (χ1n) is 7.33. The fourth-order valence-electron chi connectivity index (χ4n) is 2.91. The van der Waals surface area contributed by atoms with E-state index in [1.54, 1.807) is 6.07 Å². The fourth-order valence-corrected chi connectivity index (χ4v) is 2.91. The highest BCUT2D eigenvalue weighted by Crippen LogP contribution is 2.26. The van der Waals surface area contributed by atoms with Crippen molar-refractivity contribution in [1.29, 1.82) is 0 Å². The first kappa shape index (κ1) is 15.5. The second-order valence-corrected chi connectivity index (χ2v) is 5.59. The smallest absolute Gasteiger partial charge is 0.326 e. The third kappa shape index (κ3) is 4.55. The van der Waals surface area contributed by atoms with Crippen LogP contribution in [-0.2, 0) is 16.0 Å². The van der Waals surface area contributed by atoms with Gasteiger partial charge in [0.15, 0.2) is 0 Å². The normalized spacial score (nSPS) is 17.2. The molecule has 0 bridgehead atoms. The highest BCUT2D eigenvalue weighted by Gasteiger charge is 2.30. The van der Waals surface area contributed by atoms with Gasteiger partial charge in [0.25, 0.3) is 0 Å². The van der Waals surface area contributed by atoms with Gasteiger partial charge in [0.05, 0.1) is 6.42 Å². The molecule has 0 radical (unpaired) electrons. The van der Waals surface area contributed by atoms with E-state index in [4.69, 9.17) is 0 Å². The number of aliphatic carboxylic acids is 1. The topological polar surface area (TPSA) is 66.4 Å². The number of carbonyl (C=O) groups is 2. The van der Waals surface area contributed by atoms with Gasteiger partial charge in [-0.1, -0.05) is 31.4 Å². The van der Waals surface area contributed by atoms with E-state index < -0.39 is 17.8 Å². The van der Waals surface area contributed by atoms with Crippen molar-refractivity contribution in [3.8, 4) is 0 Å². The summed E-state index contributed by atoms with van der Waals surface area (Å²) in [7, 11) is 0. The number of carbonyl (C=O) groups excluding carboxylic acids is 1. The van der Waals surface area contributed by atoms with Crippen LogP contribution in [0.5, 0.6) is 0 Å². The number of carboxylic acids is 1. The third-order valence-corrected chi connectivity index (χ3v) is 3.96. The van der Waals surface area contributed by atoms with Gasteiger partial charge in [-0.25, -0.2) is 9.18 Å². The number of rotatable bonds is 5. The van der Waals surface area contributed by atoms with E-state index in [1.807, 2.05) is 0 Å². The highest BCUT2D eigenvalue weighted by atomic mass is 19.1. The Bertz CT molecular complexity index is 512. The van der Waals surface area contributed by atoms with Crippen LogP contribution in [0.2, 0.25) is 0 Å². The molecule has 1 aliphatic rings. The van der Waals surface area contributed by atoms with Gasteiger partial charge in [0.1, 0.15) is 11.9 Å². The van der Waals surface area contributed by atoms with E-state index in [0.717, 1.165) is 32.1 Å². The van der Waals surface area contributed by atoms with Crippen molar-refractivity contribution in [2.24, 2.45) is 5.92 Å². The lowest BCUT2D eigenvalue weighted by atomic mass is 9.84. The molecule has 0 aromatic heterocycles. The summed E-state index contributed by atoms with van der Waals surface area (Å²) < 4.78 is 13.1. The number of carboxylic acid groups (broad SMARTS) is 1. The summed E-state index contributed by atoms with van der Waals surface area (Å²) in [6.45, 7) is 0. The van der Waals surface area contributed by atoms with E-state index in [-0.39, 0.29) is 18.2 Å². The molecule has 114 valence electrons. The van der Waals surface area contributed by atoms with Gasteiger partial charge in [-0.15, -0.1) is 0 Å². The number of halogens is 1. The fraction of sp³-hybridized carbons (Fsp3) is 0.500. The monoisotopic (exact) mass is 293 g/mol. The molecular formula is C16H20FNO3. The number of benzene rings is 1. The van der Waals surface area contributed by atoms with Crippen molar-refractivity contribution in [3.05, 3.63) is 35.6 Å². The summed E-state index contributed by atoms with van der Waals surface area (Å²) in [5, 5.41) is 11.9. The van der Waals surface area contributed by atoms with E-state index in [9.17, 15) is 19.1 Å². The molecule has 1 aliphatic carbocycles. The Hall–Kier alpha value is -1.91. The molecule has 0 saturated heterocycles. The minimum absolute atomic E-state index is 0.00569. The van der Waals surface area contributed by atoms with Crippen molar-refractivity contribution in [2.75, 3.05) is 0 Å². The second-order valence-electron chi connectivity index (χ2n) is 5.59. The summed E-state index contributed by atoms with van der Waals surface area (Å²) in [6.07, 6.45) is 4.80. The summed E-state index contributed by atoms with van der Waals surface area (Å²) >= 11 is 0. The van der Waals surface area contributed by atoms with Crippen LogP contribution in [0.25, 0.3) is 0 Å². The van der Waals surface area contributed by atoms with Crippen LogP contribution < -0.4 is 5.32 Å². The van der Waals surface area contributed by atoms with Crippen molar-refractivity contribution in [3.63, 3.8) is 0 Å². The zero-order valence-electron chi connectivity index (χ0n) is 11.8. The maximum Gasteiger partial charge on any atom is 0.326 e. The Morgan fingerprint density at radius 1 is 1.29 bits per heavy atom. The first-order chi connectivity index (χ1) is 10.1. The van der Waals surface area contributed by atoms with Crippen molar-refractivity contribution >= 4 is 11.9 Å². The van der Waals surface area contributed by atoms with Gasteiger partial charge in [0.2, 0.25) is 5.91 Å². The van der Waals surface area contributed by atoms with Gasteiger partial charge in [0, 0.05) is 0 Å². The van der Waals surface area contributed by atoms with Gasteiger partial charge in [-0.3, -0.25) is 4.79 Å². The SMILES string of the molecule is O=C(Cc1cccc(F)c1)N[C@H](C(=O)O)C1CCCCC1. The molecule has 1 fully saturated rings. The Balaban J connectivity index is 1.96. The van der Waals surface area contributed by atoms with Crippen molar-refractivity contribution in [2.45, 2.75) is 44.6 Å². The summed E-state index contributed by atoms with van der Waals surface area (Å²) in [5.41, 5.74) is 0.542. The van der Waals surface area contributed by atoms with Gasteiger partial charge >= 0.3 is 5.97 Å². The summed E-state index contributed by atoms with van der Waals surface area (Å²) in [6, 6.07) is 4.94. The number of amides is 1. The lowest BCUT2D eigenvalue weighted by Crippen LogP contribution is -2.47. The highest BCUT2D eigenvalue weighted by molar-refractivity contribution is 5.85. The largest absolute Gasteiger partial charge is 0.480 e. The van der Waals surface area contributed by atoms with Gasteiger partial charge < -0.3 is 10.4 Å². The molecule has 1 saturated carbocycles. The van der Waals surface area contributed by atoms with E-state index in [0.29, 0.717) is 5.56 Å². The third-order valence-electron chi connectivity index (χ3n) is 3.96. The van der Waals surface area contributed by atoms with Gasteiger partial charge in [-0.05, 0) is 36.5 Å². The predicted octanol–water partition coefficient (Wildman–Crippen LogP) is 2.52.